The van der Waals surface area contributed by atoms with Crippen LogP contribution >= 0.6 is 0 Å². The molecule has 1 saturated heterocycles. The first-order valence-corrected chi connectivity index (χ1v) is 9.97. The van der Waals surface area contributed by atoms with Crippen LogP contribution in [0.25, 0.3) is 0 Å². The summed E-state index contributed by atoms with van der Waals surface area (Å²) in [7, 11) is -0.521. The van der Waals surface area contributed by atoms with Crippen molar-refractivity contribution in [2.45, 2.75) is 30.7 Å². The Kier molecular flexibility index (Phi) is 6.74. The summed E-state index contributed by atoms with van der Waals surface area (Å²) >= 11 is 0. The average molecular weight is 382 g/mol. The number of hydrogen-bond acceptors (Lipinski definition) is 5. The molecule has 1 aliphatic heterocycles. The van der Waals surface area contributed by atoms with E-state index in [4.69, 9.17) is 0 Å². The second-order valence-corrected chi connectivity index (χ2v) is 8.48. The Morgan fingerprint density at radius 1 is 1.27 bits per heavy atom. The molecule has 1 unspecified atom stereocenters. The highest BCUT2D eigenvalue weighted by Crippen LogP contribution is 2.18. The van der Waals surface area contributed by atoms with Gasteiger partial charge >= 0.3 is 0 Å². The highest BCUT2D eigenvalue weighted by Gasteiger charge is 2.27. The van der Waals surface area contributed by atoms with Gasteiger partial charge in [-0.05, 0) is 44.2 Å². The molecular weight excluding hydrogens is 356 g/mol. The summed E-state index contributed by atoms with van der Waals surface area (Å²) in [6.45, 7) is 2.42. The minimum absolute atomic E-state index is 0.0775. The van der Waals surface area contributed by atoms with Gasteiger partial charge in [-0.1, -0.05) is 0 Å². The van der Waals surface area contributed by atoms with Crippen molar-refractivity contribution in [1.29, 1.82) is 0 Å². The molecule has 2 N–H and O–H groups in total. The lowest BCUT2D eigenvalue weighted by Crippen LogP contribution is -2.50. The number of piperidine rings is 1. The van der Waals surface area contributed by atoms with Crippen molar-refractivity contribution in [1.82, 2.24) is 14.5 Å². The van der Waals surface area contributed by atoms with E-state index in [2.05, 4.69) is 10.6 Å². The maximum absolute atomic E-state index is 12.7. The van der Waals surface area contributed by atoms with Crippen LogP contribution in [-0.2, 0) is 19.6 Å². The summed E-state index contributed by atoms with van der Waals surface area (Å²) < 4.78 is 26.4. The molecule has 1 aromatic carbocycles. The fourth-order valence-electron chi connectivity index (χ4n) is 2.91. The smallest absolute Gasteiger partial charge is 0.243 e. The predicted molar refractivity (Wildman–Crippen MR) is 99.2 cm³/mol. The third kappa shape index (κ3) is 5.03. The van der Waals surface area contributed by atoms with E-state index in [9.17, 15) is 18.0 Å². The maximum atomic E-state index is 12.7. The molecule has 0 aromatic heterocycles. The molecule has 0 saturated carbocycles. The predicted octanol–water partition coefficient (Wildman–Crippen LogP) is 0.476. The highest BCUT2D eigenvalue weighted by molar-refractivity contribution is 7.89. The van der Waals surface area contributed by atoms with Crippen LogP contribution in [0.3, 0.4) is 0 Å². The van der Waals surface area contributed by atoms with E-state index >= 15 is 0 Å². The van der Waals surface area contributed by atoms with Gasteiger partial charge in [0.1, 0.15) is 0 Å². The number of carbonyl (C=O) groups is 2. The van der Waals surface area contributed by atoms with Crippen molar-refractivity contribution in [3.63, 3.8) is 0 Å². The molecule has 0 spiro atoms. The molecule has 1 heterocycles. The summed E-state index contributed by atoms with van der Waals surface area (Å²) in [5, 5.41) is 5.74. The van der Waals surface area contributed by atoms with Crippen LogP contribution in [0.15, 0.2) is 29.2 Å². The van der Waals surface area contributed by atoms with E-state index in [1.807, 2.05) is 7.05 Å². The Morgan fingerprint density at radius 2 is 1.92 bits per heavy atom. The molecule has 2 rings (SSSR count). The van der Waals surface area contributed by atoms with E-state index < -0.39 is 10.0 Å². The Hall–Kier alpha value is -1.97. The van der Waals surface area contributed by atoms with Crippen molar-refractivity contribution in [2.24, 2.45) is 0 Å². The fraction of sp³-hybridized carbons (Fsp3) is 0.529. The normalized spacial score (nSPS) is 18.0. The van der Waals surface area contributed by atoms with Crippen LogP contribution in [0.4, 0.5) is 5.69 Å². The molecule has 144 valence electrons. The Labute approximate surface area is 154 Å². The van der Waals surface area contributed by atoms with Gasteiger partial charge in [0.15, 0.2) is 0 Å². The van der Waals surface area contributed by atoms with Gasteiger partial charge in [-0.25, -0.2) is 8.42 Å². The first-order valence-electron chi connectivity index (χ1n) is 8.53. The van der Waals surface area contributed by atoms with Crippen LogP contribution in [0.1, 0.15) is 19.8 Å². The van der Waals surface area contributed by atoms with E-state index in [-0.39, 0.29) is 29.3 Å². The van der Waals surface area contributed by atoms with Crippen LogP contribution in [0, 0.1) is 0 Å². The topological polar surface area (TPSA) is 98.8 Å². The number of nitrogens with zero attached hydrogens (tertiary/aromatic N) is 2. The van der Waals surface area contributed by atoms with Crippen molar-refractivity contribution in [3.05, 3.63) is 24.3 Å². The molecule has 1 atom stereocenters. The van der Waals surface area contributed by atoms with Gasteiger partial charge in [-0.15, -0.1) is 0 Å². The van der Waals surface area contributed by atoms with E-state index in [1.54, 1.807) is 4.90 Å². The number of nitrogens with one attached hydrogen (secondary N) is 2. The molecule has 0 radical (unpaired) electrons. The standard InChI is InChI=1S/C17H26N4O4S/c1-13(22)19-14-6-8-16(9-7-14)26(24,25)20(3)12-17(23)21-10-4-5-15(11-21)18-2/h6-9,15,18H,4-5,10-12H2,1-3H3,(H,19,22). The number of sulfonamides is 1. The fourth-order valence-corrected chi connectivity index (χ4v) is 4.03. The zero-order valence-corrected chi connectivity index (χ0v) is 16.2. The molecule has 2 amide bonds. The molecule has 26 heavy (non-hydrogen) atoms. The monoisotopic (exact) mass is 382 g/mol. The zero-order valence-electron chi connectivity index (χ0n) is 15.4. The largest absolute Gasteiger partial charge is 0.340 e. The third-order valence-corrected chi connectivity index (χ3v) is 6.24. The molecule has 1 fully saturated rings. The lowest BCUT2D eigenvalue weighted by atomic mass is 10.1. The Balaban J connectivity index is 2.03. The highest BCUT2D eigenvalue weighted by atomic mass is 32.2. The van der Waals surface area contributed by atoms with Gasteiger partial charge in [0.05, 0.1) is 11.4 Å². The molecule has 0 bridgehead atoms. The van der Waals surface area contributed by atoms with Crippen LogP contribution in [0.2, 0.25) is 0 Å². The lowest BCUT2D eigenvalue weighted by Gasteiger charge is -2.33. The van der Waals surface area contributed by atoms with E-state index in [1.165, 1.54) is 38.2 Å². The second-order valence-electron chi connectivity index (χ2n) is 6.43. The van der Waals surface area contributed by atoms with Gasteiger partial charge in [0.25, 0.3) is 0 Å². The van der Waals surface area contributed by atoms with Gasteiger partial charge in [-0.2, -0.15) is 4.31 Å². The lowest BCUT2D eigenvalue weighted by molar-refractivity contribution is -0.132. The van der Waals surface area contributed by atoms with Crippen molar-refractivity contribution in [2.75, 3.05) is 39.0 Å². The summed E-state index contributed by atoms with van der Waals surface area (Å²) in [4.78, 5) is 25.3. The van der Waals surface area contributed by atoms with E-state index in [0.29, 0.717) is 18.8 Å². The maximum Gasteiger partial charge on any atom is 0.243 e. The average Bonchev–Trinajstić information content (AvgIpc) is 2.61. The summed E-state index contributed by atoms with van der Waals surface area (Å²) in [5.74, 6) is -0.435. The SMILES string of the molecule is CNC1CCCN(C(=O)CN(C)S(=O)(=O)c2ccc(NC(C)=O)cc2)C1. The first-order chi connectivity index (χ1) is 12.2. The molecule has 1 aromatic rings. The Bertz CT molecular complexity index is 749. The van der Waals surface area contributed by atoms with Crippen molar-refractivity contribution in [3.8, 4) is 0 Å². The van der Waals surface area contributed by atoms with Gasteiger partial charge in [-0.3, -0.25) is 9.59 Å². The van der Waals surface area contributed by atoms with Gasteiger partial charge in [0, 0.05) is 38.8 Å². The number of rotatable bonds is 6. The molecule has 9 heteroatoms. The van der Waals surface area contributed by atoms with E-state index in [0.717, 1.165) is 17.1 Å². The molecule has 8 nitrogen and oxygen atoms in total. The molecule has 1 aliphatic rings. The summed E-state index contributed by atoms with van der Waals surface area (Å²) in [5.41, 5.74) is 0.515. The van der Waals surface area contributed by atoms with Gasteiger partial charge < -0.3 is 15.5 Å². The number of amides is 2. The van der Waals surface area contributed by atoms with Crippen LogP contribution < -0.4 is 10.6 Å². The second kappa shape index (κ2) is 8.61. The number of likely N-dealkylation sites (tertiary alicyclic amines) is 1. The molecule has 0 aliphatic carbocycles. The van der Waals surface area contributed by atoms with Gasteiger partial charge in [0.2, 0.25) is 21.8 Å². The van der Waals surface area contributed by atoms with Crippen molar-refractivity contribution < 1.29 is 18.0 Å². The number of anilines is 1. The van der Waals surface area contributed by atoms with Crippen LogP contribution in [-0.4, -0.2) is 69.2 Å². The minimum Gasteiger partial charge on any atom is -0.340 e. The minimum atomic E-state index is -3.78. The summed E-state index contributed by atoms with van der Waals surface area (Å²) in [6, 6.07) is 6.12. The first kappa shape index (κ1) is 20.3. The Morgan fingerprint density at radius 3 is 2.50 bits per heavy atom. The number of carbonyl (C=O) groups excluding carboxylic acids is 2. The quantitative estimate of drug-likeness (QED) is 0.745. The number of benzene rings is 1. The zero-order chi connectivity index (χ0) is 19.3. The van der Waals surface area contributed by atoms with Crippen LogP contribution in [0.5, 0.6) is 0 Å². The number of hydrogen-bond donors (Lipinski definition) is 2. The third-order valence-electron chi connectivity index (χ3n) is 4.42. The molecular formula is C17H26N4O4S. The summed E-state index contributed by atoms with van der Waals surface area (Å²) in [6.07, 6.45) is 1.91. The van der Waals surface area contributed by atoms with Crippen molar-refractivity contribution >= 4 is 27.5 Å². The number of likely N-dealkylation sites (N-methyl/N-ethyl adjacent to an activating group) is 2.